The first-order valence-electron chi connectivity index (χ1n) is 10.1. The summed E-state index contributed by atoms with van der Waals surface area (Å²) in [6.07, 6.45) is 4.89. The molecule has 4 aromatic rings. The van der Waals surface area contributed by atoms with E-state index < -0.39 is 10.0 Å². The maximum absolute atomic E-state index is 12.1. The molecule has 0 aliphatic heterocycles. The number of rotatable bonds is 8. The molecular weight excluding hydrogens is 410 g/mol. The minimum atomic E-state index is -3.33. The lowest BCUT2D eigenvalue weighted by atomic mass is 10.2. The molecule has 4 rings (SSSR count). The van der Waals surface area contributed by atoms with Crippen LogP contribution in [0.3, 0.4) is 0 Å². The standard InChI is InChI=1S/C23H23N5O2S/c1-2-3-16-31(29,30)28-19-10-8-18(9-11-19)25-23-20-6-4-5-7-21(20)26-22(27-23)17-12-14-24-15-13-17/h4-15,28H,2-3,16H2,1H3,(H,25,26,27). The molecule has 2 aromatic heterocycles. The Labute approximate surface area is 181 Å². The summed E-state index contributed by atoms with van der Waals surface area (Å²) in [5.74, 6) is 1.39. The fraction of sp³-hybridized carbons (Fsp3) is 0.174. The van der Waals surface area contributed by atoms with Crippen LogP contribution in [0.15, 0.2) is 73.1 Å². The average molecular weight is 434 g/mol. The molecule has 0 spiro atoms. The van der Waals surface area contributed by atoms with Gasteiger partial charge in [-0.25, -0.2) is 18.4 Å². The molecule has 158 valence electrons. The summed E-state index contributed by atoms with van der Waals surface area (Å²) in [4.78, 5) is 13.4. The molecule has 0 aliphatic carbocycles. The minimum Gasteiger partial charge on any atom is -0.340 e. The molecule has 0 saturated carbocycles. The Balaban J connectivity index is 1.61. The molecule has 0 unspecified atom stereocenters. The van der Waals surface area contributed by atoms with E-state index in [0.29, 0.717) is 23.8 Å². The van der Waals surface area contributed by atoms with E-state index in [2.05, 4.69) is 20.0 Å². The zero-order valence-electron chi connectivity index (χ0n) is 17.1. The Hall–Kier alpha value is -3.52. The van der Waals surface area contributed by atoms with E-state index in [-0.39, 0.29) is 5.75 Å². The zero-order valence-corrected chi connectivity index (χ0v) is 17.9. The van der Waals surface area contributed by atoms with Crippen molar-refractivity contribution in [3.05, 3.63) is 73.1 Å². The summed E-state index contributed by atoms with van der Waals surface area (Å²) in [7, 11) is -3.33. The van der Waals surface area contributed by atoms with Gasteiger partial charge in [-0.05, 0) is 55.0 Å². The summed E-state index contributed by atoms with van der Waals surface area (Å²) >= 11 is 0. The van der Waals surface area contributed by atoms with E-state index in [4.69, 9.17) is 4.98 Å². The van der Waals surface area contributed by atoms with E-state index in [1.807, 2.05) is 55.5 Å². The van der Waals surface area contributed by atoms with Gasteiger partial charge in [0.25, 0.3) is 0 Å². The highest BCUT2D eigenvalue weighted by atomic mass is 32.2. The molecule has 0 fully saturated rings. The van der Waals surface area contributed by atoms with E-state index in [1.54, 1.807) is 24.5 Å². The Morgan fingerprint density at radius 2 is 1.58 bits per heavy atom. The SMILES string of the molecule is CCCCS(=O)(=O)Nc1ccc(Nc2nc(-c3ccncc3)nc3ccccc23)cc1. The van der Waals surface area contributed by atoms with Crippen molar-refractivity contribution in [3.8, 4) is 11.4 Å². The number of anilines is 3. The van der Waals surface area contributed by atoms with Gasteiger partial charge in [-0.1, -0.05) is 25.5 Å². The topological polar surface area (TPSA) is 96.9 Å². The highest BCUT2D eigenvalue weighted by Crippen LogP contribution is 2.27. The van der Waals surface area contributed by atoms with Crippen molar-refractivity contribution in [2.45, 2.75) is 19.8 Å². The quantitative estimate of drug-likeness (QED) is 0.407. The molecule has 0 amide bonds. The predicted octanol–water partition coefficient (Wildman–Crippen LogP) is 4.98. The molecule has 31 heavy (non-hydrogen) atoms. The summed E-state index contributed by atoms with van der Waals surface area (Å²) in [6.45, 7) is 1.97. The fourth-order valence-corrected chi connectivity index (χ4v) is 4.39. The molecule has 2 aromatic carbocycles. The van der Waals surface area contributed by atoms with Gasteiger partial charge in [0.05, 0.1) is 11.3 Å². The van der Waals surface area contributed by atoms with E-state index in [0.717, 1.165) is 28.6 Å². The van der Waals surface area contributed by atoms with E-state index >= 15 is 0 Å². The highest BCUT2D eigenvalue weighted by molar-refractivity contribution is 7.92. The summed E-state index contributed by atoms with van der Waals surface area (Å²) in [6, 6.07) is 18.6. The van der Waals surface area contributed by atoms with Crippen LogP contribution in [0.1, 0.15) is 19.8 Å². The first-order chi connectivity index (χ1) is 15.0. The van der Waals surface area contributed by atoms with Crippen molar-refractivity contribution in [2.24, 2.45) is 0 Å². The smallest absolute Gasteiger partial charge is 0.232 e. The van der Waals surface area contributed by atoms with Crippen molar-refractivity contribution in [3.63, 3.8) is 0 Å². The van der Waals surface area contributed by atoms with Crippen molar-refractivity contribution in [1.29, 1.82) is 0 Å². The van der Waals surface area contributed by atoms with Gasteiger partial charge in [-0.3, -0.25) is 9.71 Å². The van der Waals surface area contributed by atoms with Crippen LogP contribution >= 0.6 is 0 Å². The van der Waals surface area contributed by atoms with Crippen LogP contribution in [0.5, 0.6) is 0 Å². The Morgan fingerprint density at radius 3 is 2.32 bits per heavy atom. The fourth-order valence-electron chi connectivity index (χ4n) is 3.13. The molecule has 0 saturated heterocycles. The van der Waals surface area contributed by atoms with Gasteiger partial charge in [0, 0.05) is 34.7 Å². The third-order valence-electron chi connectivity index (χ3n) is 4.73. The normalized spacial score (nSPS) is 11.4. The van der Waals surface area contributed by atoms with Crippen LogP contribution in [-0.4, -0.2) is 29.1 Å². The third kappa shape index (κ3) is 5.16. The number of fused-ring (bicyclic) bond motifs is 1. The second-order valence-corrected chi connectivity index (χ2v) is 8.97. The van der Waals surface area contributed by atoms with Gasteiger partial charge in [0.1, 0.15) is 5.82 Å². The number of nitrogens with one attached hydrogen (secondary N) is 2. The Kier molecular flexibility index (Phi) is 6.08. The maximum Gasteiger partial charge on any atom is 0.232 e. The number of hydrogen-bond acceptors (Lipinski definition) is 6. The summed E-state index contributed by atoms with van der Waals surface area (Å²) in [5.41, 5.74) is 3.03. The monoisotopic (exact) mass is 433 g/mol. The first-order valence-corrected chi connectivity index (χ1v) is 11.7. The van der Waals surface area contributed by atoms with Gasteiger partial charge >= 0.3 is 0 Å². The molecule has 0 aliphatic rings. The molecule has 8 heteroatoms. The van der Waals surface area contributed by atoms with Crippen LogP contribution in [0, 0.1) is 0 Å². The second kappa shape index (κ2) is 9.09. The molecule has 0 radical (unpaired) electrons. The highest BCUT2D eigenvalue weighted by Gasteiger charge is 2.11. The van der Waals surface area contributed by atoms with Crippen LogP contribution in [-0.2, 0) is 10.0 Å². The first kappa shape index (κ1) is 20.7. The van der Waals surface area contributed by atoms with Gasteiger partial charge < -0.3 is 5.32 Å². The number of aromatic nitrogens is 3. The van der Waals surface area contributed by atoms with E-state index in [1.165, 1.54) is 0 Å². The Bertz CT molecular complexity index is 1280. The van der Waals surface area contributed by atoms with Gasteiger partial charge in [0.15, 0.2) is 5.82 Å². The van der Waals surface area contributed by atoms with Crippen LogP contribution in [0.2, 0.25) is 0 Å². The minimum absolute atomic E-state index is 0.119. The van der Waals surface area contributed by atoms with Gasteiger partial charge in [-0.2, -0.15) is 0 Å². The number of sulfonamides is 1. The molecule has 0 atom stereocenters. The largest absolute Gasteiger partial charge is 0.340 e. The number of nitrogens with zero attached hydrogens (tertiary/aromatic N) is 3. The molecule has 0 bridgehead atoms. The molecule has 2 N–H and O–H groups in total. The Morgan fingerprint density at radius 1 is 0.871 bits per heavy atom. The van der Waals surface area contributed by atoms with Gasteiger partial charge in [0.2, 0.25) is 10.0 Å². The van der Waals surface area contributed by atoms with Crippen molar-refractivity contribution >= 4 is 38.1 Å². The number of hydrogen-bond donors (Lipinski definition) is 2. The van der Waals surface area contributed by atoms with Crippen LogP contribution < -0.4 is 10.0 Å². The number of benzene rings is 2. The molecule has 2 heterocycles. The molecular formula is C23H23N5O2S. The molecule has 7 nitrogen and oxygen atoms in total. The van der Waals surface area contributed by atoms with E-state index in [9.17, 15) is 8.42 Å². The second-order valence-electron chi connectivity index (χ2n) is 7.13. The number of pyridine rings is 1. The number of unbranched alkanes of at least 4 members (excludes halogenated alkanes) is 1. The number of para-hydroxylation sites is 1. The van der Waals surface area contributed by atoms with Crippen molar-refractivity contribution in [2.75, 3.05) is 15.8 Å². The average Bonchev–Trinajstić information content (AvgIpc) is 2.79. The third-order valence-corrected chi connectivity index (χ3v) is 6.10. The van der Waals surface area contributed by atoms with Crippen LogP contribution in [0.4, 0.5) is 17.2 Å². The summed E-state index contributed by atoms with van der Waals surface area (Å²) in [5, 5.41) is 4.23. The zero-order chi connectivity index (χ0) is 21.7. The predicted molar refractivity (Wildman–Crippen MR) is 125 cm³/mol. The lowest BCUT2D eigenvalue weighted by Crippen LogP contribution is -2.16. The van der Waals surface area contributed by atoms with Crippen molar-refractivity contribution < 1.29 is 8.42 Å². The summed E-state index contributed by atoms with van der Waals surface area (Å²) < 4.78 is 26.8. The lowest BCUT2D eigenvalue weighted by molar-refractivity contribution is 0.598. The lowest BCUT2D eigenvalue weighted by Gasteiger charge is -2.12. The van der Waals surface area contributed by atoms with Gasteiger partial charge in [-0.15, -0.1) is 0 Å². The van der Waals surface area contributed by atoms with Crippen molar-refractivity contribution in [1.82, 2.24) is 15.0 Å². The maximum atomic E-state index is 12.1. The van der Waals surface area contributed by atoms with Crippen LogP contribution in [0.25, 0.3) is 22.3 Å².